The molecule has 1 nitrogen and oxygen atoms in total. The maximum atomic E-state index is 3.04. The van der Waals surface area contributed by atoms with Crippen molar-refractivity contribution in [3.8, 4) is 0 Å². The molecular formula is C6H5NS. The van der Waals surface area contributed by atoms with E-state index in [2.05, 4.69) is 22.1 Å². The van der Waals surface area contributed by atoms with Crippen molar-refractivity contribution < 1.29 is 0 Å². The highest BCUT2D eigenvalue weighted by molar-refractivity contribution is 7.08. The van der Waals surface area contributed by atoms with Crippen LogP contribution in [-0.2, 0) is 0 Å². The molecule has 0 atom stereocenters. The molecule has 0 spiro atoms. The van der Waals surface area contributed by atoms with E-state index in [1.807, 2.05) is 6.20 Å². The smallest absolute Gasteiger partial charge is 0.0625 e. The lowest BCUT2D eigenvalue weighted by Gasteiger charge is -1.77. The third kappa shape index (κ3) is 0.537. The molecule has 0 saturated heterocycles. The van der Waals surface area contributed by atoms with Crippen LogP contribution in [0.5, 0.6) is 0 Å². The van der Waals surface area contributed by atoms with Gasteiger partial charge in [-0.1, -0.05) is 0 Å². The molecule has 0 amide bonds. The zero-order valence-electron chi connectivity index (χ0n) is 4.22. The second kappa shape index (κ2) is 1.36. The molecule has 0 unspecified atom stereocenters. The van der Waals surface area contributed by atoms with E-state index in [4.69, 9.17) is 0 Å². The molecule has 2 rings (SSSR count). The fourth-order valence-electron chi connectivity index (χ4n) is 0.620. The molecule has 0 saturated carbocycles. The van der Waals surface area contributed by atoms with Crippen molar-refractivity contribution in [1.82, 2.24) is 5.32 Å². The van der Waals surface area contributed by atoms with Crippen LogP contribution in [0, 0.1) is 0 Å². The molecule has 8 heavy (non-hydrogen) atoms. The topological polar surface area (TPSA) is 21.9 Å². The Morgan fingerprint density at radius 3 is 2.88 bits per heavy atom. The summed E-state index contributed by atoms with van der Waals surface area (Å²) in [6, 6.07) is 2.11. The maximum absolute atomic E-state index is 3.04. The summed E-state index contributed by atoms with van der Waals surface area (Å²) in [5.41, 5.74) is 2.58. The van der Waals surface area contributed by atoms with Crippen LogP contribution in [0.3, 0.4) is 0 Å². The van der Waals surface area contributed by atoms with E-state index in [0.717, 1.165) is 0 Å². The van der Waals surface area contributed by atoms with E-state index < -0.39 is 0 Å². The number of rotatable bonds is 1. The van der Waals surface area contributed by atoms with Gasteiger partial charge in [0.25, 0.3) is 0 Å². The van der Waals surface area contributed by atoms with Gasteiger partial charge in [0.2, 0.25) is 0 Å². The Morgan fingerprint density at radius 1 is 1.50 bits per heavy atom. The van der Waals surface area contributed by atoms with E-state index >= 15 is 0 Å². The summed E-state index contributed by atoms with van der Waals surface area (Å²) in [5, 5.41) is 7.25. The third-order valence-corrected chi connectivity index (χ3v) is 1.80. The fraction of sp³-hybridized carbons (Fsp3) is 0. The molecule has 1 aromatic rings. The van der Waals surface area contributed by atoms with Crippen LogP contribution in [0.1, 0.15) is 5.56 Å². The van der Waals surface area contributed by atoms with Gasteiger partial charge in [0.15, 0.2) is 0 Å². The minimum atomic E-state index is 1.27. The maximum Gasteiger partial charge on any atom is 0.0625 e. The predicted octanol–water partition coefficient (Wildman–Crippen LogP) is 1.65. The molecule has 0 bridgehead atoms. The van der Waals surface area contributed by atoms with Gasteiger partial charge in [-0.2, -0.15) is 11.3 Å². The van der Waals surface area contributed by atoms with Crippen LogP contribution in [0.15, 0.2) is 23.0 Å². The lowest BCUT2D eigenvalue weighted by atomic mass is 10.3. The van der Waals surface area contributed by atoms with Crippen molar-refractivity contribution in [2.75, 3.05) is 0 Å². The Bertz CT molecular complexity index is 210. The van der Waals surface area contributed by atoms with Crippen molar-refractivity contribution in [3.05, 3.63) is 28.6 Å². The first-order valence-corrected chi connectivity index (χ1v) is 3.40. The van der Waals surface area contributed by atoms with Crippen molar-refractivity contribution in [2.24, 2.45) is 0 Å². The molecule has 0 radical (unpaired) electrons. The van der Waals surface area contributed by atoms with Gasteiger partial charge in [0.1, 0.15) is 0 Å². The largest absolute Gasteiger partial charge is 0.358 e. The molecule has 1 aliphatic heterocycles. The normalized spacial score (nSPS) is 14.8. The summed E-state index contributed by atoms with van der Waals surface area (Å²) in [6.45, 7) is 0. The average molecular weight is 123 g/mol. The van der Waals surface area contributed by atoms with Crippen LogP contribution in [0.4, 0.5) is 0 Å². The molecule has 1 aliphatic rings. The van der Waals surface area contributed by atoms with Crippen molar-refractivity contribution in [3.63, 3.8) is 0 Å². The van der Waals surface area contributed by atoms with E-state index in [1.54, 1.807) is 11.3 Å². The molecule has 0 aliphatic carbocycles. The first kappa shape index (κ1) is 4.15. The van der Waals surface area contributed by atoms with E-state index in [9.17, 15) is 0 Å². The van der Waals surface area contributed by atoms with Crippen molar-refractivity contribution >= 4 is 17.0 Å². The fourth-order valence-corrected chi connectivity index (χ4v) is 1.28. The predicted molar refractivity (Wildman–Crippen MR) is 35.4 cm³/mol. The van der Waals surface area contributed by atoms with Gasteiger partial charge < -0.3 is 5.32 Å². The number of hydrogen-bond donors (Lipinski definition) is 1. The van der Waals surface area contributed by atoms with Crippen LogP contribution in [-0.4, -0.2) is 0 Å². The highest BCUT2D eigenvalue weighted by atomic mass is 32.1. The van der Waals surface area contributed by atoms with Gasteiger partial charge in [0.05, 0.1) is 5.70 Å². The molecule has 2 heteroatoms. The van der Waals surface area contributed by atoms with Crippen LogP contribution >= 0.6 is 11.3 Å². The van der Waals surface area contributed by atoms with Crippen LogP contribution in [0.25, 0.3) is 5.70 Å². The molecule has 0 aromatic carbocycles. The first-order valence-electron chi connectivity index (χ1n) is 2.46. The molecule has 0 fully saturated rings. The van der Waals surface area contributed by atoms with Gasteiger partial charge in [-0.3, -0.25) is 0 Å². The van der Waals surface area contributed by atoms with Crippen molar-refractivity contribution in [2.45, 2.75) is 0 Å². The number of hydrogen-bond acceptors (Lipinski definition) is 2. The van der Waals surface area contributed by atoms with Gasteiger partial charge in [-0.15, -0.1) is 0 Å². The Morgan fingerprint density at radius 2 is 2.38 bits per heavy atom. The first-order chi connectivity index (χ1) is 3.97. The van der Waals surface area contributed by atoms with Gasteiger partial charge in [-0.05, 0) is 11.4 Å². The van der Waals surface area contributed by atoms with E-state index in [-0.39, 0.29) is 0 Å². The minimum absolute atomic E-state index is 1.27. The van der Waals surface area contributed by atoms with Crippen LogP contribution < -0.4 is 5.32 Å². The molecule has 40 valence electrons. The standard InChI is InChI=1S/C6H5NS/c1-2-8-4-5(1)6-3-7-6/h1-4,7H. The SMILES string of the molecule is C1=C(c2ccsc2)N1. The summed E-state index contributed by atoms with van der Waals surface area (Å²) < 4.78 is 0. The molecule has 1 N–H and O–H groups in total. The lowest BCUT2D eigenvalue weighted by molar-refractivity contribution is 1.45. The molecule has 2 heterocycles. The second-order valence-electron chi connectivity index (χ2n) is 1.71. The summed E-state index contributed by atoms with van der Waals surface area (Å²) in [6.07, 6.45) is 2.00. The Hall–Kier alpha value is -0.760. The Kier molecular flexibility index (Phi) is 0.704. The molecular weight excluding hydrogens is 118 g/mol. The van der Waals surface area contributed by atoms with Crippen molar-refractivity contribution in [1.29, 1.82) is 0 Å². The lowest BCUT2D eigenvalue weighted by Crippen LogP contribution is -1.73. The minimum Gasteiger partial charge on any atom is -0.358 e. The summed E-state index contributed by atoms with van der Waals surface area (Å²) >= 11 is 1.73. The summed E-state index contributed by atoms with van der Waals surface area (Å²) in [5.74, 6) is 0. The monoisotopic (exact) mass is 123 g/mol. The Balaban J connectivity index is 2.41. The molecule has 1 aromatic heterocycles. The highest BCUT2D eigenvalue weighted by Gasteiger charge is 2.07. The number of thiophene rings is 1. The van der Waals surface area contributed by atoms with Gasteiger partial charge in [-0.25, -0.2) is 0 Å². The summed E-state index contributed by atoms with van der Waals surface area (Å²) in [7, 11) is 0. The second-order valence-corrected chi connectivity index (χ2v) is 2.49. The zero-order valence-corrected chi connectivity index (χ0v) is 5.03. The quantitative estimate of drug-likeness (QED) is 0.602. The Labute approximate surface area is 51.7 Å². The average Bonchev–Trinajstić information content (AvgIpc) is 2.49. The van der Waals surface area contributed by atoms with Gasteiger partial charge >= 0.3 is 0 Å². The highest BCUT2D eigenvalue weighted by Crippen LogP contribution is 2.20. The van der Waals surface area contributed by atoms with E-state index in [1.165, 1.54) is 11.3 Å². The third-order valence-electron chi connectivity index (χ3n) is 1.12. The van der Waals surface area contributed by atoms with Crippen LogP contribution in [0.2, 0.25) is 0 Å². The van der Waals surface area contributed by atoms with Gasteiger partial charge in [0, 0.05) is 17.1 Å². The number of nitrogens with one attached hydrogen (secondary N) is 1. The van der Waals surface area contributed by atoms with E-state index in [0.29, 0.717) is 0 Å². The summed E-state index contributed by atoms with van der Waals surface area (Å²) in [4.78, 5) is 0. The zero-order chi connectivity index (χ0) is 5.40.